The van der Waals surface area contributed by atoms with Crippen LogP contribution < -0.4 is 5.32 Å². The van der Waals surface area contributed by atoms with Gasteiger partial charge in [0.1, 0.15) is 11.7 Å². The van der Waals surface area contributed by atoms with E-state index in [9.17, 15) is 14.7 Å². The van der Waals surface area contributed by atoms with Crippen molar-refractivity contribution < 1.29 is 24.5 Å². The highest BCUT2D eigenvalue weighted by Crippen LogP contribution is 2.30. The van der Waals surface area contributed by atoms with Crippen LogP contribution in [0.2, 0.25) is 0 Å². The Hall–Kier alpha value is -1.67. The molecule has 0 spiro atoms. The summed E-state index contributed by atoms with van der Waals surface area (Å²) in [6, 6.07) is 0. The van der Waals surface area contributed by atoms with Gasteiger partial charge < -0.3 is 14.9 Å². The Morgan fingerprint density at radius 1 is 1.45 bits per heavy atom. The topological polar surface area (TPSA) is 109 Å². The van der Waals surface area contributed by atoms with Crippen LogP contribution in [0.15, 0.2) is 0 Å². The summed E-state index contributed by atoms with van der Waals surface area (Å²) >= 11 is 1.03. The van der Waals surface area contributed by atoms with Gasteiger partial charge in [-0.1, -0.05) is 11.3 Å². The highest BCUT2D eigenvalue weighted by atomic mass is 32.1. The second-order valence-corrected chi connectivity index (χ2v) is 6.24. The molecule has 0 fully saturated rings. The van der Waals surface area contributed by atoms with Crippen molar-refractivity contribution >= 4 is 28.5 Å². The van der Waals surface area contributed by atoms with Crippen molar-refractivity contribution in [1.29, 1.82) is 0 Å². The summed E-state index contributed by atoms with van der Waals surface area (Å²) in [5, 5.41) is 21.1. The van der Waals surface area contributed by atoms with Crippen molar-refractivity contribution in [3.8, 4) is 0 Å². The van der Waals surface area contributed by atoms with Crippen LogP contribution in [-0.4, -0.2) is 32.9 Å². The minimum atomic E-state index is -1.14. The predicted octanol–water partition coefficient (Wildman–Crippen LogP) is 2.31. The van der Waals surface area contributed by atoms with Crippen molar-refractivity contribution in [2.45, 2.75) is 45.8 Å². The quantitative estimate of drug-likeness (QED) is 0.787. The molecule has 112 valence electrons. The SMILES string of the molecule is Cc1nc(NC(=O)OC(C)(C)C)sc1C(O)CC(=O)O. The number of carboxylic acids is 1. The molecule has 1 unspecified atom stereocenters. The molecule has 0 aliphatic rings. The van der Waals surface area contributed by atoms with E-state index in [1.807, 2.05) is 0 Å². The van der Waals surface area contributed by atoms with Gasteiger partial charge in [-0.15, -0.1) is 0 Å². The number of aryl methyl sites for hydroxylation is 1. The lowest BCUT2D eigenvalue weighted by Gasteiger charge is -2.18. The average molecular weight is 302 g/mol. The van der Waals surface area contributed by atoms with Crippen LogP contribution in [0, 0.1) is 6.92 Å². The van der Waals surface area contributed by atoms with Crippen LogP contribution in [0.1, 0.15) is 43.9 Å². The number of nitrogens with one attached hydrogen (secondary N) is 1. The standard InChI is InChI=1S/C12H18N2O5S/c1-6-9(7(15)5-8(16)17)20-10(13-6)14-11(18)19-12(2,3)4/h7,15H,5H2,1-4H3,(H,16,17)(H,13,14,18). The molecule has 1 amide bonds. The number of amides is 1. The Labute approximate surface area is 120 Å². The summed E-state index contributed by atoms with van der Waals surface area (Å²) < 4.78 is 5.08. The van der Waals surface area contributed by atoms with E-state index in [0.29, 0.717) is 10.6 Å². The third-order valence-electron chi connectivity index (χ3n) is 2.11. The van der Waals surface area contributed by atoms with E-state index < -0.39 is 30.2 Å². The van der Waals surface area contributed by atoms with Gasteiger partial charge in [-0.25, -0.2) is 9.78 Å². The van der Waals surface area contributed by atoms with Crippen LogP contribution >= 0.6 is 11.3 Å². The summed E-state index contributed by atoms with van der Waals surface area (Å²) in [4.78, 5) is 26.6. The number of ether oxygens (including phenoxy) is 1. The van der Waals surface area contributed by atoms with Crippen LogP contribution in [-0.2, 0) is 9.53 Å². The summed E-state index contributed by atoms with van der Waals surface area (Å²) in [5.74, 6) is -1.10. The number of hydrogen-bond donors (Lipinski definition) is 3. The summed E-state index contributed by atoms with van der Waals surface area (Å²) in [5.41, 5.74) is -0.142. The zero-order valence-electron chi connectivity index (χ0n) is 11.8. The van der Waals surface area contributed by atoms with E-state index in [1.54, 1.807) is 27.7 Å². The molecule has 0 bridgehead atoms. The van der Waals surface area contributed by atoms with Gasteiger partial charge in [0, 0.05) is 0 Å². The molecule has 1 atom stereocenters. The number of nitrogens with zero attached hydrogens (tertiary/aromatic N) is 1. The van der Waals surface area contributed by atoms with Gasteiger partial charge in [0.25, 0.3) is 0 Å². The third-order valence-corrected chi connectivity index (χ3v) is 3.29. The van der Waals surface area contributed by atoms with Gasteiger partial charge in [-0.2, -0.15) is 0 Å². The fraction of sp³-hybridized carbons (Fsp3) is 0.583. The molecule has 0 aliphatic carbocycles. The van der Waals surface area contributed by atoms with Crippen molar-refractivity contribution in [2.24, 2.45) is 0 Å². The van der Waals surface area contributed by atoms with Crippen molar-refractivity contribution in [1.82, 2.24) is 4.98 Å². The maximum Gasteiger partial charge on any atom is 0.413 e. The minimum Gasteiger partial charge on any atom is -0.481 e. The summed E-state index contributed by atoms with van der Waals surface area (Å²) in [6.07, 6.45) is -2.20. The van der Waals surface area contributed by atoms with Crippen molar-refractivity contribution in [2.75, 3.05) is 5.32 Å². The Bertz CT molecular complexity index is 506. The first-order chi connectivity index (χ1) is 9.08. The number of carboxylic acid groups (broad SMARTS) is 1. The molecular weight excluding hydrogens is 284 g/mol. The number of rotatable bonds is 4. The number of carbonyl (C=O) groups is 2. The lowest BCUT2D eigenvalue weighted by atomic mass is 10.2. The maximum atomic E-state index is 11.6. The Kier molecular flexibility index (Phi) is 5.07. The predicted molar refractivity (Wildman–Crippen MR) is 73.9 cm³/mol. The van der Waals surface area contributed by atoms with Crippen LogP contribution in [0.25, 0.3) is 0 Å². The van der Waals surface area contributed by atoms with E-state index >= 15 is 0 Å². The van der Waals surface area contributed by atoms with E-state index in [2.05, 4.69) is 10.3 Å². The number of aliphatic hydroxyl groups excluding tert-OH is 1. The molecule has 0 aromatic carbocycles. The first-order valence-corrected chi connectivity index (χ1v) is 6.77. The highest BCUT2D eigenvalue weighted by molar-refractivity contribution is 7.16. The first-order valence-electron chi connectivity index (χ1n) is 5.95. The third kappa shape index (κ3) is 5.14. The zero-order valence-corrected chi connectivity index (χ0v) is 12.6. The smallest absolute Gasteiger partial charge is 0.413 e. The number of aliphatic carboxylic acids is 1. The molecule has 1 aromatic rings. The highest BCUT2D eigenvalue weighted by Gasteiger charge is 2.21. The Balaban J connectivity index is 2.75. The number of hydrogen-bond acceptors (Lipinski definition) is 6. The van der Waals surface area contributed by atoms with E-state index in [0.717, 1.165) is 11.3 Å². The Morgan fingerprint density at radius 3 is 2.55 bits per heavy atom. The maximum absolute atomic E-state index is 11.6. The number of aliphatic hydroxyl groups is 1. The molecule has 1 heterocycles. The van der Waals surface area contributed by atoms with Gasteiger partial charge in [-0.05, 0) is 27.7 Å². The second kappa shape index (κ2) is 6.19. The zero-order chi connectivity index (χ0) is 15.5. The average Bonchev–Trinajstić information content (AvgIpc) is 2.54. The molecule has 1 rings (SSSR count). The largest absolute Gasteiger partial charge is 0.481 e. The van der Waals surface area contributed by atoms with Crippen LogP contribution in [0.3, 0.4) is 0 Å². The van der Waals surface area contributed by atoms with Crippen LogP contribution in [0.5, 0.6) is 0 Å². The summed E-state index contributed by atoms with van der Waals surface area (Å²) in [6.45, 7) is 6.85. The molecule has 1 aromatic heterocycles. The van der Waals surface area contributed by atoms with Crippen molar-refractivity contribution in [3.63, 3.8) is 0 Å². The van der Waals surface area contributed by atoms with E-state index in [1.165, 1.54) is 0 Å². The molecule has 0 saturated carbocycles. The van der Waals surface area contributed by atoms with Gasteiger partial charge in [0.15, 0.2) is 5.13 Å². The number of anilines is 1. The molecule has 0 radical (unpaired) electrons. The molecule has 8 heteroatoms. The second-order valence-electron chi connectivity index (χ2n) is 5.21. The van der Waals surface area contributed by atoms with E-state index in [4.69, 9.17) is 9.84 Å². The van der Waals surface area contributed by atoms with E-state index in [-0.39, 0.29) is 5.13 Å². The monoisotopic (exact) mass is 302 g/mol. The Morgan fingerprint density at radius 2 is 2.05 bits per heavy atom. The number of aromatic nitrogens is 1. The van der Waals surface area contributed by atoms with Gasteiger partial charge in [0.2, 0.25) is 0 Å². The molecular formula is C12H18N2O5S. The first kappa shape index (κ1) is 16.4. The normalized spacial score (nSPS) is 12.8. The molecule has 3 N–H and O–H groups in total. The number of carbonyl (C=O) groups excluding carboxylic acids is 1. The van der Waals surface area contributed by atoms with Gasteiger partial charge in [0.05, 0.1) is 17.0 Å². The lowest BCUT2D eigenvalue weighted by Crippen LogP contribution is -2.27. The fourth-order valence-corrected chi connectivity index (χ4v) is 2.36. The van der Waals surface area contributed by atoms with Gasteiger partial charge in [-0.3, -0.25) is 10.1 Å². The minimum absolute atomic E-state index is 0.260. The number of thiazole rings is 1. The summed E-state index contributed by atoms with van der Waals surface area (Å²) in [7, 11) is 0. The van der Waals surface area contributed by atoms with Gasteiger partial charge >= 0.3 is 12.1 Å². The fourth-order valence-electron chi connectivity index (χ4n) is 1.42. The molecule has 20 heavy (non-hydrogen) atoms. The molecule has 7 nitrogen and oxygen atoms in total. The van der Waals surface area contributed by atoms with Crippen molar-refractivity contribution in [3.05, 3.63) is 10.6 Å². The molecule has 0 aliphatic heterocycles. The lowest BCUT2D eigenvalue weighted by molar-refractivity contribution is -0.139. The molecule has 0 saturated heterocycles. The van der Waals surface area contributed by atoms with Crippen LogP contribution in [0.4, 0.5) is 9.93 Å².